The van der Waals surface area contributed by atoms with Gasteiger partial charge in [-0.1, -0.05) is 18.9 Å². The zero-order chi connectivity index (χ0) is 18.3. The molecule has 3 fully saturated rings. The van der Waals surface area contributed by atoms with Gasteiger partial charge < -0.3 is 19.5 Å². The summed E-state index contributed by atoms with van der Waals surface area (Å²) in [7, 11) is 0. The van der Waals surface area contributed by atoms with E-state index < -0.39 is 6.16 Å². The fourth-order valence-corrected chi connectivity index (χ4v) is 5.65. The quantitative estimate of drug-likeness (QED) is 0.628. The van der Waals surface area contributed by atoms with Crippen molar-refractivity contribution in [2.75, 3.05) is 19.9 Å². The summed E-state index contributed by atoms with van der Waals surface area (Å²) in [6.45, 7) is 1.49. The molecule has 1 aromatic carbocycles. The maximum Gasteiger partial charge on any atom is 0.511 e. The molecule has 0 spiro atoms. The van der Waals surface area contributed by atoms with E-state index in [-0.39, 0.29) is 6.79 Å². The molecule has 0 unspecified atom stereocenters. The molecule has 2 saturated carbocycles. The van der Waals surface area contributed by atoms with Crippen molar-refractivity contribution in [2.45, 2.75) is 62.8 Å². The fourth-order valence-electron chi connectivity index (χ4n) is 5.65. The average molecular weight is 371 g/mol. The minimum absolute atomic E-state index is 0.0943. The van der Waals surface area contributed by atoms with Crippen LogP contribution in [0.15, 0.2) is 18.2 Å². The summed E-state index contributed by atoms with van der Waals surface area (Å²) in [5.74, 6) is 2.08. The molecule has 2 bridgehead atoms. The Balaban J connectivity index is 1.27. The van der Waals surface area contributed by atoms with Gasteiger partial charge in [0.15, 0.2) is 0 Å². The van der Waals surface area contributed by atoms with Crippen molar-refractivity contribution >= 4 is 6.16 Å². The average Bonchev–Trinajstić information content (AvgIpc) is 3.51. The first-order chi connectivity index (χ1) is 13.2. The topological polar surface area (TPSA) is 56.8 Å². The van der Waals surface area contributed by atoms with E-state index >= 15 is 0 Å². The number of piperidine rings is 1. The molecular weight excluding hydrogens is 342 g/mol. The molecule has 5 heteroatoms. The Morgan fingerprint density at radius 1 is 1.15 bits per heavy atom. The monoisotopic (exact) mass is 371 g/mol. The van der Waals surface area contributed by atoms with E-state index in [2.05, 4.69) is 17.4 Å². The third-order valence-electron chi connectivity index (χ3n) is 7.15. The molecule has 5 nitrogen and oxygen atoms in total. The number of hydrogen-bond donors (Lipinski definition) is 1. The van der Waals surface area contributed by atoms with E-state index in [0.29, 0.717) is 24.0 Å². The van der Waals surface area contributed by atoms with E-state index in [0.717, 1.165) is 37.5 Å². The predicted molar refractivity (Wildman–Crippen MR) is 101 cm³/mol. The van der Waals surface area contributed by atoms with E-state index in [1.807, 2.05) is 6.07 Å². The Morgan fingerprint density at radius 2 is 2.07 bits per heavy atom. The lowest BCUT2D eigenvalue weighted by atomic mass is 9.53. The van der Waals surface area contributed by atoms with Crippen LogP contribution in [0.5, 0.6) is 5.75 Å². The highest BCUT2D eigenvalue weighted by Gasteiger charge is 2.51. The first kappa shape index (κ1) is 17.4. The van der Waals surface area contributed by atoms with Crippen molar-refractivity contribution in [3.05, 3.63) is 29.3 Å². The number of nitrogens with one attached hydrogen (secondary N) is 1. The largest absolute Gasteiger partial charge is 0.511 e. The Morgan fingerprint density at radius 3 is 2.96 bits per heavy atom. The molecule has 3 aliphatic carbocycles. The molecule has 1 aliphatic heterocycles. The molecular formula is C22H29NO4. The summed E-state index contributed by atoms with van der Waals surface area (Å²) in [5, 5.41) is 3.77. The first-order valence-electron chi connectivity index (χ1n) is 10.5. The van der Waals surface area contributed by atoms with Crippen molar-refractivity contribution in [1.82, 2.24) is 5.32 Å². The van der Waals surface area contributed by atoms with Crippen LogP contribution in [0, 0.1) is 11.8 Å². The molecule has 1 heterocycles. The molecule has 3 atom stereocenters. The summed E-state index contributed by atoms with van der Waals surface area (Å²) < 4.78 is 15.9. The molecule has 4 aliphatic rings. The summed E-state index contributed by atoms with van der Waals surface area (Å²) in [5.41, 5.74) is 3.26. The van der Waals surface area contributed by atoms with Crippen LogP contribution >= 0.6 is 0 Å². The summed E-state index contributed by atoms with van der Waals surface area (Å²) in [4.78, 5) is 11.6. The van der Waals surface area contributed by atoms with E-state index in [1.165, 1.54) is 43.2 Å². The number of carbonyl (C=O) groups is 1. The van der Waals surface area contributed by atoms with Gasteiger partial charge in [0.25, 0.3) is 0 Å². The number of fused-ring (bicyclic) bond motifs is 1. The lowest BCUT2D eigenvalue weighted by molar-refractivity contribution is 0.00261. The van der Waals surface area contributed by atoms with Crippen LogP contribution in [0.3, 0.4) is 0 Å². The molecule has 1 aromatic rings. The number of rotatable bonds is 5. The zero-order valence-corrected chi connectivity index (χ0v) is 15.9. The number of hydrogen-bond acceptors (Lipinski definition) is 5. The Hall–Kier alpha value is -1.75. The molecule has 5 rings (SSSR count). The van der Waals surface area contributed by atoms with Crippen LogP contribution in [0.4, 0.5) is 4.79 Å². The maximum absolute atomic E-state index is 11.6. The van der Waals surface area contributed by atoms with Crippen molar-refractivity contribution in [3.8, 4) is 5.75 Å². The van der Waals surface area contributed by atoms with Crippen molar-refractivity contribution < 1.29 is 19.0 Å². The van der Waals surface area contributed by atoms with Crippen LogP contribution in [0.1, 0.15) is 56.1 Å². The predicted octanol–water partition coefficient (Wildman–Crippen LogP) is 3.93. The van der Waals surface area contributed by atoms with Gasteiger partial charge in [-0.15, -0.1) is 0 Å². The first-order valence-corrected chi connectivity index (χ1v) is 10.5. The van der Waals surface area contributed by atoms with E-state index in [9.17, 15) is 4.79 Å². The lowest BCUT2D eigenvalue weighted by Crippen LogP contribution is -2.59. The van der Waals surface area contributed by atoms with Crippen molar-refractivity contribution in [3.63, 3.8) is 0 Å². The zero-order valence-electron chi connectivity index (χ0n) is 15.9. The molecule has 1 N–H and O–H groups in total. The van der Waals surface area contributed by atoms with Crippen LogP contribution in [0.25, 0.3) is 0 Å². The van der Waals surface area contributed by atoms with Gasteiger partial charge >= 0.3 is 6.16 Å². The second-order valence-corrected chi connectivity index (χ2v) is 8.75. The van der Waals surface area contributed by atoms with E-state index in [1.54, 1.807) is 0 Å². The Kier molecular flexibility index (Phi) is 4.50. The minimum Gasteiger partial charge on any atom is -0.457 e. The van der Waals surface area contributed by atoms with Gasteiger partial charge in [-0.25, -0.2) is 4.79 Å². The third-order valence-corrected chi connectivity index (χ3v) is 7.15. The summed E-state index contributed by atoms with van der Waals surface area (Å²) >= 11 is 0. The molecule has 0 aromatic heterocycles. The number of carbonyl (C=O) groups excluding carboxylic acids is 1. The second-order valence-electron chi connectivity index (χ2n) is 8.75. The van der Waals surface area contributed by atoms with Gasteiger partial charge in [0.05, 0.1) is 6.61 Å². The van der Waals surface area contributed by atoms with Crippen LogP contribution in [-0.2, 0) is 21.3 Å². The van der Waals surface area contributed by atoms with Gasteiger partial charge in [-0.05, 0) is 80.2 Å². The Labute approximate surface area is 160 Å². The highest BCUT2D eigenvalue weighted by atomic mass is 16.8. The smallest absolute Gasteiger partial charge is 0.457 e. The SMILES string of the molecule is O=C(OCOc1ccc2c(c1)[C@@]13CCCC[C@@H]1[C@H](C2)NCC3)OCC1CC1. The van der Waals surface area contributed by atoms with Gasteiger partial charge in [0, 0.05) is 11.5 Å². The minimum atomic E-state index is -0.632. The highest BCUT2D eigenvalue weighted by Crippen LogP contribution is 2.54. The fraction of sp³-hybridized carbons (Fsp3) is 0.682. The third kappa shape index (κ3) is 3.31. The number of benzene rings is 1. The van der Waals surface area contributed by atoms with Gasteiger partial charge in [0.1, 0.15) is 5.75 Å². The van der Waals surface area contributed by atoms with Crippen LogP contribution < -0.4 is 10.1 Å². The molecule has 0 radical (unpaired) electrons. The Bertz CT molecular complexity index is 712. The van der Waals surface area contributed by atoms with Gasteiger partial charge in [-0.3, -0.25) is 0 Å². The highest BCUT2D eigenvalue weighted by molar-refractivity contribution is 5.59. The van der Waals surface area contributed by atoms with E-state index in [4.69, 9.17) is 14.2 Å². The van der Waals surface area contributed by atoms with Crippen LogP contribution in [0.2, 0.25) is 0 Å². The normalized spacial score (nSPS) is 31.4. The summed E-state index contributed by atoms with van der Waals surface area (Å²) in [6.07, 6.45) is 9.30. The standard InChI is InChI=1S/C22H29NO4/c24-21(25-13-15-4-5-15)27-14-26-17-7-6-16-11-20-18-3-1-2-8-22(18,9-10-23-20)19(16)12-17/h6-7,12,15,18,20,23H,1-5,8-11,13-14H2/t18-,20+,22-/m1/s1. The molecule has 0 amide bonds. The maximum atomic E-state index is 11.6. The molecule has 1 saturated heterocycles. The van der Waals surface area contributed by atoms with Crippen LogP contribution in [-0.4, -0.2) is 32.1 Å². The second kappa shape index (κ2) is 7.01. The van der Waals surface area contributed by atoms with Gasteiger partial charge in [0.2, 0.25) is 6.79 Å². The molecule has 27 heavy (non-hydrogen) atoms. The number of ether oxygens (including phenoxy) is 3. The summed E-state index contributed by atoms with van der Waals surface area (Å²) in [6, 6.07) is 7.06. The van der Waals surface area contributed by atoms with Crippen molar-refractivity contribution in [1.29, 1.82) is 0 Å². The lowest BCUT2D eigenvalue weighted by Gasteiger charge is -2.56. The molecule has 146 valence electrons. The van der Waals surface area contributed by atoms with Crippen molar-refractivity contribution in [2.24, 2.45) is 11.8 Å². The van der Waals surface area contributed by atoms with Gasteiger partial charge in [-0.2, -0.15) is 0 Å².